The molecule has 3 heteroatoms. The maximum Gasteiger partial charge on any atom is 0.119 e. The lowest BCUT2D eigenvalue weighted by atomic mass is 9.85. The topological polar surface area (TPSA) is 30.5 Å². The van der Waals surface area contributed by atoms with Gasteiger partial charge in [-0.3, -0.25) is 0 Å². The number of fused-ring (bicyclic) bond motifs is 1. The SMILES string of the molecule is COc1ccc2c(c1)CCNC2c1ccc(OC)cc1C(C)C. The second-order valence-corrected chi connectivity index (χ2v) is 6.35. The molecule has 3 nitrogen and oxygen atoms in total. The van der Waals surface area contributed by atoms with E-state index in [4.69, 9.17) is 9.47 Å². The van der Waals surface area contributed by atoms with Gasteiger partial charge < -0.3 is 14.8 Å². The number of hydrogen-bond donors (Lipinski definition) is 1. The van der Waals surface area contributed by atoms with Gasteiger partial charge in [-0.05, 0) is 58.9 Å². The molecule has 2 aromatic rings. The van der Waals surface area contributed by atoms with Gasteiger partial charge in [0.1, 0.15) is 11.5 Å². The third-order valence-corrected chi connectivity index (χ3v) is 4.63. The van der Waals surface area contributed by atoms with Gasteiger partial charge in [-0.25, -0.2) is 0 Å². The van der Waals surface area contributed by atoms with Crippen LogP contribution in [-0.2, 0) is 6.42 Å². The minimum atomic E-state index is 0.230. The van der Waals surface area contributed by atoms with Crippen molar-refractivity contribution in [2.24, 2.45) is 0 Å². The van der Waals surface area contributed by atoms with Gasteiger partial charge in [-0.1, -0.05) is 26.0 Å². The Balaban J connectivity index is 2.07. The molecule has 0 spiro atoms. The van der Waals surface area contributed by atoms with E-state index in [1.807, 2.05) is 0 Å². The van der Waals surface area contributed by atoms with Gasteiger partial charge in [-0.2, -0.15) is 0 Å². The summed E-state index contributed by atoms with van der Waals surface area (Å²) in [5, 5.41) is 3.68. The van der Waals surface area contributed by atoms with Crippen LogP contribution in [0, 0.1) is 0 Å². The zero-order chi connectivity index (χ0) is 16.4. The number of methoxy groups -OCH3 is 2. The zero-order valence-electron chi connectivity index (χ0n) is 14.3. The number of ether oxygens (including phenoxy) is 2. The van der Waals surface area contributed by atoms with Crippen LogP contribution in [0.5, 0.6) is 11.5 Å². The molecule has 0 radical (unpaired) electrons. The largest absolute Gasteiger partial charge is 0.497 e. The highest BCUT2D eigenvalue weighted by Crippen LogP contribution is 2.36. The van der Waals surface area contributed by atoms with E-state index in [2.05, 4.69) is 55.6 Å². The fourth-order valence-electron chi connectivity index (χ4n) is 3.39. The van der Waals surface area contributed by atoms with Crippen molar-refractivity contribution in [1.29, 1.82) is 0 Å². The van der Waals surface area contributed by atoms with Crippen molar-refractivity contribution in [3.63, 3.8) is 0 Å². The smallest absolute Gasteiger partial charge is 0.119 e. The van der Waals surface area contributed by atoms with E-state index in [-0.39, 0.29) is 6.04 Å². The lowest BCUT2D eigenvalue weighted by Crippen LogP contribution is -2.31. The number of nitrogens with one attached hydrogen (secondary N) is 1. The molecule has 3 rings (SSSR count). The van der Waals surface area contributed by atoms with Gasteiger partial charge >= 0.3 is 0 Å². The van der Waals surface area contributed by atoms with Crippen LogP contribution in [-0.4, -0.2) is 20.8 Å². The molecule has 1 unspecified atom stereocenters. The predicted octanol–water partition coefficient (Wildman–Crippen LogP) is 4.06. The van der Waals surface area contributed by atoms with Crippen molar-refractivity contribution in [3.05, 3.63) is 58.7 Å². The predicted molar refractivity (Wildman–Crippen MR) is 93.6 cm³/mol. The third-order valence-electron chi connectivity index (χ3n) is 4.63. The number of hydrogen-bond acceptors (Lipinski definition) is 3. The van der Waals surface area contributed by atoms with Crippen molar-refractivity contribution in [3.8, 4) is 11.5 Å². The summed E-state index contributed by atoms with van der Waals surface area (Å²) < 4.78 is 10.8. The summed E-state index contributed by atoms with van der Waals surface area (Å²) >= 11 is 0. The summed E-state index contributed by atoms with van der Waals surface area (Å²) in [6.45, 7) is 5.44. The lowest BCUT2D eigenvalue weighted by molar-refractivity contribution is 0.412. The molecule has 1 aliphatic rings. The first kappa shape index (κ1) is 15.9. The van der Waals surface area contributed by atoms with Crippen LogP contribution in [0.1, 0.15) is 48.1 Å². The van der Waals surface area contributed by atoms with Crippen molar-refractivity contribution in [2.75, 3.05) is 20.8 Å². The molecule has 0 amide bonds. The average Bonchev–Trinajstić information content (AvgIpc) is 2.60. The molecule has 23 heavy (non-hydrogen) atoms. The van der Waals surface area contributed by atoms with E-state index >= 15 is 0 Å². The molecule has 0 aliphatic carbocycles. The summed E-state index contributed by atoms with van der Waals surface area (Å²) in [7, 11) is 3.44. The number of benzene rings is 2. The highest BCUT2D eigenvalue weighted by Gasteiger charge is 2.24. The molecular weight excluding hydrogens is 286 g/mol. The molecule has 1 heterocycles. The van der Waals surface area contributed by atoms with Crippen molar-refractivity contribution < 1.29 is 9.47 Å². The Bertz CT molecular complexity index is 694. The monoisotopic (exact) mass is 311 g/mol. The molecule has 1 atom stereocenters. The molecule has 1 aliphatic heterocycles. The van der Waals surface area contributed by atoms with Crippen LogP contribution in [0.15, 0.2) is 36.4 Å². The van der Waals surface area contributed by atoms with E-state index in [9.17, 15) is 0 Å². The fraction of sp³-hybridized carbons (Fsp3) is 0.400. The third kappa shape index (κ3) is 3.06. The van der Waals surface area contributed by atoms with Crippen LogP contribution in [0.3, 0.4) is 0 Å². The molecule has 0 bridgehead atoms. The van der Waals surface area contributed by atoms with Crippen LogP contribution < -0.4 is 14.8 Å². The first-order valence-electron chi connectivity index (χ1n) is 8.22. The summed E-state index contributed by atoms with van der Waals surface area (Å²) in [6.07, 6.45) is 1.04. The van der Waals surface area contributed by atoms with Gasteiger partial charge in [0.05, 0.1) is 20.3 Å². The molecule has 2 aromatic carbocycles. The molecule has 0 fully saturated rings. The Morgan fingerprint density at radius 3 is 2.26 bits per heavy atom. The van der Waals surface area contributed by atoms with Gasteiger partial charge in [0.25, 0.3) is 0 Å². The molecule has 0 saturated heterocycles. The van der Waals surface area contributed by atoms with E-state index in [0.717, 1.165) is 24.5 Å². The molecule has 0 saturated carbocycles. The normalized spacial score (nSPS) is 17.0. The molecular formula is C20H25NO2. The van der Waals surface area contributed by atoms with Gasteiger partial charge in [-0.15, -0.1) is 0 Å². The Labute approximate surface area is 138 Å². The van der Waals surface area contributed by atoms with Crippen LogP contribution in [0.4, 0.5) is 0 Å². The van der Waals surface area contributed by atoms with Crippen LogP contribution in [0.25, 0.3) is 0 Å². The minimum absolute atomic E-state index is 0.230. The number of rotatable bonds is 4. The molecule has 0 aromatic heterocycles. The second kappa shape index (κ2) is 6.63. The Hall–Kier alpha value is -2.00. The van der Waals surface area contributed by atoms with Crippen molar-refractivity contribution in [2.45, 2.75) is 32.2 Å². The first-order chi connectivity index (χ1) is 11.1. The zero-order valence-corrected chi connectivity index (χ0v) is 14.3. The standard InChI is InChI=1S/C20H25NO2/c1-13(2)19-12-16(23-4)6-8-18(19)20-17-7-5-15(22-3)11-14(17)9-10-21-20/h5-8,11-13,20-21H,9-10H2,1-4H3. The van der Waals surface area contributed by atoms with Gasteiger partial charge in [0.15, 0.2) is 0 Å². The van der Waals surface area contributed by atoms with Crippen molar-refractivity contribution >= 4 is 0 Å². The summed E-state index contributed by atoms with van der Waals surface area (Å²) in [6, 6.07) is 13.1. The van der Waals surface area contributed by atoms with Crippen LogP contribution in [0.2, 0.25) is 0 Å². The van der Waals surface area contributed by atoms with E-state index in [1.54, 1.807) is 14.2 Å². The summed E-state index contributed by atoms with van der Waals surface area (Å²) in [5.41, 5.74) is 5.40. The highest BCUT2D eigenvalue weighted by molar-refractivity contribution is 5.48. The van der Waals surface area contributed by atoms with E-state index in [0.29, 0.717) is 5.92 Å². The highest BCUT2D eigenvalue weighted by atomic mass is 16.5. The maximum atomic E-state index is 5.41. The fourth-order valence-corrected chi connectivity index (χ4v) is 3.39. The summed E-state index contributed by atoms with van der Waals surface area (Å²) in [4.78, 5) is 0. The maximum absolute atomic E-state index is 5.41. The van der Waals surface area contributed by atoms with Crippen LogP contribution >= 0.6 is 0 Å². The molecule has 122 valence electrons. The lowest BCUT2D eigenvalue weighted by Gasteiger charge is -2.30. The van der Waals surface area contributed by atoms with E-state index < -0.39 is 0 Å². The van der Waals surface area contributed by atoms with E-state index in [1.165, 1.54) is 22.3 Å². The quantitative estimate of drug-likeness (QED) is 0.923. The molecule has 1 N–H and O–H groups in total. The van der Waals surface area contributed by atoms with Crippen molar-refractivity contribution in [1.82, 2.24) is 5.32 Å². The average molecular weight is 311 g/mol. The van der Waals surface area contributed by atoms with Gasteiger partial charge in [0.2, 0.25) is 0 Å². The summed E-state index contributed by atoms with van der Waals surface area (Å²) in [5.74, 6) is 2.30. The Kier molecular flexibility index (Phi) is 4.58. The Morgan fingerprint density at radius 1 is 0.957 bits per heavy atom. The first-order valence-corrected chi connectivity index (χ1v) is 8.22. The Morgan fingerprint density at radius 2 is 1.61 bits per heavy atom. The minimum Gasteiger partial charge on any atom is -0.497 e. The van der Waals surface area contributed by atoms with Gasteiger partial charge in [0, 0.05) is 6.54 Å². The second-order valence-electron chi connectivity index (χ2n) is 6.35.